The van der Waals surface area contributed by atoms with E-state index in [1.54, 1.807) is 0 Å². The van der Waals surface area contributed by atoms with E-state index in [4.69, 9.17) is 19.7 Å². The Morgan fingerprint density at radius 2 is 1.50 bits per heavy atom. The van der Waals surface area contributed by atoms with E-state index >= 15 is 0 Å². The predicted molar refractivity (Wildman–Crippen MR) is 53.3 cm³/mol. The molecule has 5 heteroatoms. The van der Waals surface area contributed by atoms with Gasteiger partial charge < -0.3 is 14.9 Å². The van der Waals surface area contributed by atoms with Crippen molar-refractivity contribution in [2.24, 2.45) is 0 Å². The normalized spacial score (nSPS) is 7.07. The van der Waals surface area contributed by atoms with Gasteiger partial charge in [-0.2, -0.15) is 0 Å². The quantitative estimate of drug-likeness (QED) is 0.682. The molecule has 0 aromatic heterocycles. The van der Waals surface area contributed by atoms with Gasteiger partial charge in [0.2, 0.25) is 0 Å². The molecule has 0 saturated carbocycles. The van der Waals surface area contributed by atoms with Gasteiger partial charge in [-0.25, -0.2) is 4.79 Å². The maximum atomic E-state index is 9.25. The molecule has 0 radical (unpaired) electrons. The maximum absolute atomic E-state index is 9.25. The summed E-state index contributed by atoms with van der Waals surface area (Å²) in [7, 11) is 0. The largest absolute Gasteiger partial charge is 0.481 e. The van der Waals surface area contributed by atoms with Crippen LogP contribution in [0.25, 0.3) is 0 Å². The molecule has 84 valence electrons. The second-order valence-electron chi connectivity index (χ2n) is 1.84. The van der Waals surface area contributed by atoms with Gasteiger partial charge in [0.15, 0.2) is 0 Å². The van der Waals surface area contributed by atoms with Gasteiger partial charge in [0.05, 0.1) is 0 Å². The Balaban J connectivity index is -0.000000131. The Hall–Kier alpha value is -1.36. The van der Waals surface area contributed by atoms with E-state index in [9.17, 15) is 4.79 Å². The second kappa shape index (κ2) is 17.7. The zero-order valence-corrected chi connectivity index (χ0v) is 8.82. The van der Waals surface area contributed by atoms with Gasteiger partial charge in [-0.15, -0.1) is 0 Å². The van der Waals surface area contributed by atoms with Gasteiger partial charge in [0.1, 0.15) is 0 Å². The molecule has 0 amide bonds. The van der Waals surface area contributed by atoms with Crippen LogP contribution in [0.2, 0.25) is 0 Å². The van der Waals surface area contributed by atoms with E-state index in [2.05, 4.69) is 6.58 Å². The Labute approximate surface area is 84.0 Å². The van der Waals surface area contributed by atoms with Crippen LogP contribution in [-0.4, -0.2) is 35.4 Å². The summed E-state index contributed by atoms with van der Waals surface area (Å²) in [6.45, 7) is 9.71. The highest BCUT2D eigenvalue weighted by Crippen LogP contribution is 1.64. The molecule has 0 bridgehead atoms. The van der Waals surface area contributed by atoms with Crippen LogP contribution in [0.1, 0.15) is 20.8 Å². The minimum absolute atomic E-state index is 0.833. The number of carbonyl (C=O) groups is 2. The van der Waals surface area contributed by atoms with Gasteiger partial charge >= 0.3 is 5.97 Å². The van der Waals surface area contributed by atoms with Gasteiger partial charge in [-0.05, 0) is 13.8 Å². The molecule has 0 aliphatic heterocycles. The molecule has 0 aromatic rings. The molecule has 0 aromatic carbocycles. The Morgan fingerprint density at radius 1 is 1.29 bits per heavy atom. The summed E-state index contributed by atoms with van der Waals surface area (Å²) in [5, 5.41) is 15.0. The lowest BCUT2D eigenvalue weighted by Crippen LogP contribution is -1.84. The van der Waals surface area contributed by atoms with Crippen LogP contribution in [0.3, 0.4) is 0 Å². The molecular formula is C9H18O5. The van der Waals surface area contributed by atoms with Crippen LogP contribution in [0.5, 0.6) is 0 Å². The van der Waals surface area contributed by atoms with Crippen molar-refractivity contribution in [3.05, 3.63) is 12.7 Å². The third-order valence-electron chi connectivity index (χ3n) is 0.583. The van der Waals surface area contributed by atoms with Crippen LogP contribution >= 0.6 is 0 Å². The van der Waals surface area contributed by atoms with Crippen molar-refractivity contribution in [1.82, 2.24) is 0 Å². The summed E-state index contributed by atoms with van der Waals surface area (Å²) in [4.78, 5) is 18.2. The van der Waals surface area contributed by atoms with Crippen LogP contribution in [0, 0.1) is 0 Å². The smallest absolute Gasteiger partial charge is 0.327 e. The fourth-order valence-electron chi connectivity index (χ4n) is 0.204. The SMILES string of the molecule is C=CC(=O)O.CC(=O)O.CCOCC. The fraction of sp³-hybridized carbons (Fsp3) is 0.556. The standard InChI is InChI=1S/C4H10O.C3H4O2.C2H4O2/c1-3-5-4-2;1-2-3(4)5;1-2(3)4/h3-4H2,1-2H3;2H,1H2,(H,4,5);1H3,(H,3,4). The summed E-state index contributed by atoms with van der Waals surface area (Å²) in [5.41, 5.74) is 0. The molecule has 0 saturated heterocycles. The van der Waals surface area contributed by atoms with E-state index in [-0.39, 0.29) is 0 Å². The first-order chi connectivity index (χ1) is 6.42. The minimum Gasteiger partial charge on any atom is -0.481 e. The highest BCUT2D eigenvalue weighted by atomic mass is 16.5. The summed E-state index contributed by atoms with van der Waals surface area (Å²) in [6, 6.07) is 0. The molecule has 0 atom stereocenters. The number of carboxylic acids is 2. The van der Waals surface area contributed by atoms with Crippen LogP contribution < -0.4 is 0 Å². The number of hydrogen-bond acceptors (Lipinski definition) is 3. The fourth-order valence-corrected chi connectivity index (χ4v) is 0.204. The van der Waals surface area contributed by atoms with Gasteiger partial charge in [-0.1, -0.05) is 6.58 Å². The monoisotopic (exact) mass is 206 g/mol. The topological polar surface area (TPSA) is 83.8 Å². The third kappa shape index (κ3) is 142. The molecule has 0 heterocycles. The van der Waals surface area contributed by atoms with E-state index in [0.29, 0.717) is 0 Å². The molecular weight excluding hydrogens is 188 g/mol. The average molecular weight is 206 g/mol. The van der Waals surface area contributed by atoms with Crippen LogP contribution in [-0.2, 0) is 14.3 Å². The molecule has 0 fully saturated rings. The molecule has 0 rings (SSSR count). The number of carboxylic acid groups (broad SMARTS) is 2. The average Bonchev–Trinajstić information content (AvgIpc) is 2.06. The Bertz CT molecular complexity index is 147. The van der Waals surface area contributed by atoms with Crippen LogP contribution in [0.4, 0.5) is 0 Å². The number of ether oxygens (including phenoxy) is 1. The van der Waals surface area contributed by atoms with Crippen molar-refractivity contribution in [2.75, 3.05) is 13.2 Å². The summed E-state index contributed by atoms with van der Waals surface area (Å²) >= 11 is 0. The van der Waals surface area contributed by atoms with E-state index in [0.717, 1.165) is 26.2 Å². The molecule has 0 aliphatic rings. The lowest BCUT2D eigenvalue weighted by Gasteiger charge is -1.86. The van der Waals surface area contributed by atoms with Crippen molar-refractivity contribution in [3.8, 4) is 0 Å². The number of hydrogen-bond donors (Lipinski definition) is 2. The van der Waals surface area contributed by atoms with Gasteiger partial charge in [-0.3, -0.25) is 4.79 Å². The first-order valence-corrected chi connectivity index (χ1v) is 4.04. The lowest BCUT2D eigenvalue weighted by molar-refractivity contribution is -0.134. The van der Waals surface area contributed by atoms with E-state index in [1.807, 2.05) is 13.8 Å². The van der Waals surface area contributed by atoms with E-state index < -0.39 is 11.9 Å². The molecule has 5 nitrogen and oxygen atoms in total. The third-order valence-corrected chi connectivity index (χ3v) is 0.583. The van der Waals surface area contributed by atoms with Crippen molar-refractivity contribution in [2.45, 2.75) is 20.8 Å². The predicted octanol–water partition coefficient (Wildman–Crippen LogP) is 1.39. The molecule has 0 aliphatic carbocycles. The maximum Gasteiger partial charge on any atom is 0.327 e. The van der Waals surface area contributed by atoms with Gasteiger partial charge in [0, 0.05) is 26.2 Å². The Kier molecular flexibility index (Phi) is 23.2. The second-order valence-corrected chi connectivity index (χ2v) is 1.84. The zero-order valence-electron chi connectivity index (χ0n) is 8.82. The van der Waals surface area contributed by atoms with Crippen molar-refractivity contribution in [1.29, 1.82) is 0 Å². The Morgan fingerprint density at radius 3 is 1.50 bits per heavy atom. The molecule has 2 N–H and O–H groups in total. The molecule has 0 spiro atoms. The number of aliphatic carboxylic acids is 2. The first-order valence-electron chi connectivity index (χ1n) is 4.04. The van der Waals surface area contributed by atoms with Gasteiger partial charge in [0.25, 0.3) is 5.97 Å². The van der Waals surface area contributed by atoms with E-state index in [1.165, 1.54) is 0 Å². The highest BCUT2D eigenvalue weighted by molar-refractivity contribution is 5.78. The molecule has 0 unspecified atom stereocenters. The van der Waals surface area contributed by atoms with Crippen molar-refractivity contribution < 1.29 is 24.5 Å². The minimum atomic E-state index is -0.981. The van der Waals surface area contributed by atoms with Crippen molar-refractivity contribution in [3.63, 3.8) is 0 Å². The van der Waals surface area contributed by atoms with Crippen LogP contribution in [0.15, 0.2) is 12.7 Å². The summed E-state index contributed by atoms with van der Waals surface area (Å²) in [5.74, 6) is -1.81. The number of rotatable bonds is 3. The zero-order chi connectivity index (χ0) is 12.0. The lowest BCUT2D eigenvalue weighted by atomic mass is 10.7. The summed E-state index contributed by atoms with van der Waals surface area (Å²) in [6.07, 6.45) is 0.833. The molecule has 14 heavy (non-hydrogen) atoms. The van der Waals surface area contributed by atoms with Crippen molar-refractivity contribution >= 4 is 11.9 Å². The first kappa shape index (κ1) is 18.4. The highest BCUT2D eigenvalue weighted by Gasteiger charge is 1.73. The summed E-state index contributed by atoms with van der Waals surface area (Å²) < 4.78 is 4.83.